The number of nitrogens with zero attached hydrogens (tertiary/aromatic N) is 2. The molecule has 4 aromatic rings. The zero-order chi connectivity index (χ0) is 66.6. The van der Waals surface area contributed by atoms with Gasteiger partial charge in [-0.05, 0) is 74.6 Å². The highest BCUT2D eigenvalue weighted by Gasteiger charge is 2.79. The van der Waals surface area contributed by atoms with E-state index in [0.29, 0.717) is 31.2 Å². The molecular weight excluding hydrogens is 1200 g/mol. The Morgan fingerprint density at radius 2 is 1.42 bits per heavy atom. The molecule has 2 aliphatic heterocycles. The summed E-state index contributed by atoms with van der Waals surface area (Å²) in [6.07, 6.45) is -12.2. The third-order valence-corrected chi connectivity index (χ3v) is 18.8. The van der Waals surface area contributed by atoms with Crippen molar-refractivity contribution in [3.63, 3.8) is 0 Å². The molecule has 92 heavy (non-hydrogen) atoms. The molecule has 0 radical (unpaired) electrons. The molecule has 7 N–H and O–H groups in total. The summed E-state index contributed by atoms with van der Waals surface area (Å²) in [6.45, 7) is 8.24. The van der Waals surface area contributed by atoms with Gasteiger partial charge in [0.05, 0.1) is 48.8 Å². The molecule has 4 fully saturated rings. The number of carbonyl (C=O) groups is 8. The van der Waals surface area contributed by atoms with Crippen LogP contribution < -0.4 is 27.2 Å². The van der Waals surface area contributed by atoms with Crippen molar-refractivity contribution in [2.45, 2.75) is 172 Å². The fourth-order valence-corrected chi connectivity index (χ4v) is 13.9. The average Bonchev–Trinajstić information content (AvgIpc) is 0.711. The van der Waals surface area contributed by atoms with E-state index in [2.05, 4.69) is 16.0 Å². The number of ether oxygens (including phenoxy) is 7. The number of fused-ring (bicyclic) bond motifs is 5. The van der Waals surface area contributed by atoms with Crippen molar-refractivity contribution in [2.24, 2.45) is 16.7 Å². The van der Waals surface area contributed by atoms with E-state index < -0.39 is 174 Å². The number of carbonyl (C=O) groups excluding carboxylic acids is 8. The van der Waals surface area contributed by atoms with Crippen LogP contribution in [0.4, 0.5) is 4.79 Å². The van der Waals surface area contributed by atoms with Gasteiger partial charge in [0.25, 0.3) is 11.5 Å². The smallest absolute Gasteiger partial charge is 0.407 e. The second-order valence-electron chi connectivity index (χ2n) is 24.9. The molecule has 3 aromatic carbocycles. The number of aliphatic hydroxyl groups is 4. The Balaban J connectivity index is 0.979. The molecule has 2 unspecified atom stereocenters. The van der Waals surface area contributed by atoms with Gasteiger partial charge in [-0.2, -0.15) is 0 Å². The van der Waals surface area contributed by atoms with Gasteiger partial charge in [-0.25, -0.2) is 19.2 Å². The number of aromatic nitrogens is 2. The molecule has 3 amide bonds. The summed E-state index contributed by atoms with van der Waals surface area (Å²) in [5.41, 5.74) is -9.04. The molecule has 2 bridgehead atoms. The number of aryl methyl sites for hydroxylation is 1. The molecular formula is C66H79N5O21. The molecule has 5 aliphatic rings. The van der Waals surface area contributed by atoms with E-state index in [1.54, 1.807) is 73.7 Å². The number of unbranched alkanes of at least 4 members (excludes halogenated alkanes) is 3. The number of benzene rings is 3. The number of nitrogens with one attached hydrogen (secondary N) is 3. The Morgan fingerprint density at radius 1 is 0.783 bits per heavy atom. The first kappa shape index (κ1) is 68.0. The lowest BCUT2D eigenvalue weighted by Gasteiger charge is -2.67. The first-order chi connectivity index (χ1) is 43.7. The number of Topliss-reactive ketones (excluding diaryl/α,β-unsaturated/α-hetero) is 1. The van der Waals surface area contributed by atoms with Crippen LogP contribution >= 0.6 is 0 Å². The van der Waals surface area contributed by atoms with E-state index in [9.17, 15) is 63.6 Å². The second kappa shape index (κ2) is 27.8. The van der Waals surface area contributed by atoms with Crippen LogP contribution in [0.5, 0.6) is 0 Å². The van der Waals surface area contributed by atoms with Gasteiger partial charge in [0.15, 0.2) is 23.6 Å². The third-order valence-electron chi connectivity index (χ3n) is 18.8. The maximum atomic E-state index is 16.4. The number of esters is 4. The normalized spacial score (nSPS) is 28.4. The molecule has 494 valence electrons. The first-order valence-electron chi connectivity index (χ1n) is 30.7. The largest absolute Gasteiger partial charge is 0.456 e. The summed E-state index contributed by atoms with van der Waals surface area (Å²) < 4.78 is 45.3. The van der Waals surface area contributed by atoms with Crippen LogP contribution in [0.15, 0.2) is 118 Å². The fourth-order valence-electron chi connectivity index (χ4n) is 13.9. The fraction of sp³-hybridized carbons (Fsp3) is 0.515. The highest BCUT2D eigenvalue weighted by atomic mass is 16.6. The summed E-state index contributed by atoms with van der Waals surface area (Å²) in [5, 5.41) is 53.8. The van der Waals surface area contributed by atoms with Gasteiger partial charge in [-0.15, -0.1) is 0 Å². The number of hydrogen-bond donors (Lipinski definition) is 7. The minimum atomic E-state index is -2.57. The Bertz CT molecular complexity index is 3600. The highest BCUT2D eigenvalue weighted by Crippen LogP contribution is 2.65. The zero-order valence-corrected chi connectivity index (χ0v) is 52.2. The zero-order valence-electron chi connectivity index (χ0n) is 52.2. The molecule has 26 heteroatoms. The van der Waals surface area contributed by atoms with Gasteiger partial charge in [0.2, 0.25) is 5.91 Å². The standard InChI is InChI=1S/C66H79N5O21/c1-36-33-71(49-29-43(75)45(34-72)88-49)62(84)70(58(36)80)28-20-9-8-19-27-67-48(76)32-68-61(83)90-46-30-47-65(35-86-47,92-39(4)74)54-56(91-59(81)42-25-17-12-18-26-42)66(85)31-44(37(2)50(63(66,5)6)53(87-38(3)73)55(78)64(46,54)7)89-60(82)52(77)51(40-21-13-10-14-22-40)69-57(79)41-23-15-11-16-24-41/h10-18,21-26,33,43-47,49,51-54,56,72,75,77,85H,8-9,19-20,27-32,34-35H2,1-7H3,(H,67,76)(H,68,83)(H,69,79)/t43?,44-,45-,46-,47+,49-,51-,52+,53+,54-,56-,64?,65-,66+/m0/s1. The number of alkyl carbamates (subject to hydrolysis) is 1. The van der Waals surface area contributed by atoms with Crippen LogP contribution in [0.2, 0.25) is 0 Å². The Hall–Kier alpha value is -8.40. The predicted octanol–water partition coefficient (Wildman–Crippen LogP) is 3.12. The molecule has 9 rings (SSSR count). The summed E-state index contributed by atoms with van der Waals surface area (Å²) in [7, 11) is 0. The number of hydrogen-bond acceptors (Lipinski definition) is 21. The number of aliphatic hydroxyl groups excluding tert-OH is 3. The van der Waals surface area contributed by atoms with Gasteiger partial charge in [-0.1, -0.05) is 93.4 Å². The Labute approximate surface area is 529 Å². The molecule has 0 spiro atoms. The summed E-state index contributed by atoms with van der Waals surface area (Å²) in [6, 6.07) is 22.4. The van der Waals surface area contributed by atoms with Crippen molar-refractivity contribution in [2.75, 3.05) is 26.3 Å². The minimum Gasteiger partial charge on any atom is -0.456 e. The monoisotopic (exact) mass is 1280 g/mol. The molecule has 2 saturated carbocycles. The lowest BCUT2D eigenvalue weighted by atomic mass is 9.44. The van der Waals surface area contributed by atoms with Crippen LogP contribution in [0.3, 0.4) is 0 Å². The molecule has 2 saturated heterocycles. The minimum absolute atomic E-state index is 0.0231. The van der Waals surface area contributed by atoms with Crippen LogP contribution in [0.25, 0.3) is 0 Å². The molecule has 3 aliphatic carbocycles. The Kier molecular flexibility index (Phi) is 20.6. The van der Waals surface area contributed by atoms with Crippen molar-refractivity contribution >= 4 is 47.6 Å². The van der Waals surface area contributed by atoms with Gasteiger partial charge in [0, 0.05) is 68.9 Å². The quantitative estimate of drug-likeness (QED) is 0.0257. The lowest BCUT2D eigenvalue weighted by Crippen LogP contribution is -2.82. The van der Waals surface area contributed by atoms with Gasteiger partial charge >= 0.3 is 35.7 Å². The first-order valence-corrected chi connectivity index (χ1v) is 30.7. The van der Waals surface area contributed by atoms with Gasteiger partial charge in [0.1, 0.15) is 42.3 Å². The van der Waals surface area contributed by atoms with Gasteiger partial charge < -0.3 is 69.5 Å². The summed E-state index contributed by atoms with van der Waals surface area (Å²) >= 11 is 0. The molecule has 3 heterocycles. The van der Waals surface area contributed by atoms with Crippen molar-refractivity contribution in [1.82, 2.24) is 25.1 Å². The van der Waals surface area contributed by atoms with Crippen LogP contribution in [0, 0.1) is 23.7 Å². The van der Waals surface area contributed by atoms with E-state index in [1.807, 2.05) is 0 Å². The highest BCUT2D eigenvalue weighted by molar-refractivity contribution is 5.97. The maximum absolute atomic E-state index is 16.4. The van der Waals surface area contributed by atoms with Crippen LogP contribution in [-0.2, 0) is 63.7 Å². The lowest BCUT2D eigenvalue weighted by molar-refractivity contribution is -0.345. The molecule has 14 atom stereocenters. The number of ketones is 1. The van der Waals surface area contributed by atoms with Crippen LogP contribution in [0.1, 0.15) is 131 Å². The second-order valence-corrected chi connectivity index (χ2v) is 24.9. The number of amides is 3. The average molecular weight is 1280 g/mol. The van der Waals surface area contributed by atoms with E-state index in [0.717, 1.165) is 18.4 Å². The van der Waals surface area contributed by atoms with Crippen molar-refractivity contribution in [3.8, 4) is 0 Å². The van der Waals surface area contributed by atoms with E-state index in [-0.39, 0.29) is 53.8 Å². The molecule has 26 nitrogen and oxygen atoms in total. The maximum Gasteiger partial charge on any atom is 0.407 e. The SMILES string of the molecule is CC(=O)O[C@H]1C(=O)C2(C)[C@@H](OC(=O)NCC(=O)NCCCCCCn3c(=O)c(C)cn([C@@H]4CC(O)[C@H](CO)O4)c3=O)C[C@H]3OC[C@@]3(OC(C)=O)[C@H]2[C@H](OC(=O)c2ccccc2)[C@]2(O)C[C@H](OC(=O)[C@H](O)[C@@H](NC(=O)c3ccccc3)c3ccccc3)C(C)=C1C2(C)C. The summed E-state index contributed by atoms with van der Waals surface area (Å²) in [4.78, 5) is 140. The van der Waals surface area contributed by atoms with Gasteiger partial charge in [-0.3, -0.25) is 37.9 Å². The Morgan fingerprint density at radius 3 is 2.03 bits per heavy atom. The molecule has 1 aromatic heterocycles. The van der Waals surface area contributed by atoms with E-state index in [4.69, 9.17) is 33.2 Å². The topological polar surface area (TPSA) is 362 Å². The van der Waals surface area contributed by atoms with Crippen molar-refractivity contribution in [1.29, 1.82) is 0 Å². The summed E-state index contributed by atoms with van der Waals surface area (Å²) in [5.74, 6) is -8.27. The van der Waals surface area contributed by atoms with Crippen molar-refractivity contribution < 1.29 is 91.9 Å². The van der Waals surface area contributed by atoms with Crippen LogP contribution in [-0.4, -0.2) is 163 Å². The van der Waals surface area contributed by atoms with Crippen molar-refractivity contribution in [3.05, 3.63) is 151 Å². The number of rotatable bonds is 22. The van der Waals surface area contributed by atoms with E-state index >= 15 is 4.79 Å². The van der Waals surface area contributed by atoms with E-state index in [1.165, 1.54) is 62.7 Å². The third kappa shape index (κ3) is 13.3. The predicted molar refractivity (Wildman–Crippen MR) is 323 cm³/mol.